The second-order valence-corrected chi connectivity index (χ2v) is 4.31. The van der Waals surface area contributed by atoms with Crippen molar-refractivity contribution in [3.8, 4) is 5.75 Å². The maximum atomic E-state index is 11.8. The molecule has 0 aromatic heterocycles. The van der Waals surface area contributed by atoms with Gasteiger partial charge in [-0.1, -0.05) is 26.0 Å². The standard InChI is InChI=1S/C15H22O3/c1-4-9-17-14-8-6-7-13(11-14)12(3)15(16)18-10-5-2/h6-8,11-12H,4-5,9-10H2,1-3H3. The zero-order valence-corrected chi connectivity index (χ0v) is 11.4. The molecular weight excluding hydrogens is 228 g/mol. The maximum absolute atomic E-state index is 11.8. The summed E-state index contributed by atoms with van der Waals surface area (Å²) < 4.78 is 10.7. The van der Waals surface area contributed by atoms with Gasteiger partial charge in [0.15, 0.2) is 0 Å². The maximum Gasteiger partial charge on any atom is 0.313 e. The number of benzene rings is 1. The van der Waals surface area contributed by atoms with Crippen molar-refractivity contribution in [2.45, 2.75) is 39.5 Å². The average Bonchev–Trinajstić information content (AvgIpc) is 2.42. The Labute approximate surface area is 109 Å². The number of carbonyl (C=O) groups excluding carboxylic acids is 1. The van der Waals surface area contributed by atoms with E-state index < -0.39 is 0 Å². The van der Waals surface area contributed by atoms with E-state index in [-0.39, 0.29) is 11.9 Å². The van der Waals surface area contributed by atoms with Crippen LogP contribution in [-0.2, 0) is 9.53 Å². The second-order valence-electron chi connectivity index (χ2n) is 4.31. The molecule has 0 spiro atoms. The molecule has 0 saturated carbocycles. The normalized spacial score (nSPS) is 11.9. The van der Waals surface area contributed by atoms with Crippen molar-refractivity contribution < 1.29 is 14.3 Å². The molecule has 100 valence electrons. The van der Waals surface area contributed by atoms with E-state index in [0.717, 1.165) is 24.2 Å². The summed E-state index contributed by atoms with van der Waals surface area (Å²) in [5.74, 6) is 0.385. The third-order valence-electron chi connectivity index (χ3n) is 2.63. The third kappa shape index (κ3) is 4.40. The van der Waals surface area contributed by atoms with Gasteiger partial charge in [-0.2, -0.15) is 0 Å². The molecule has 18 heavy (non-hydrogen) atoms. The minimum Gasteiger partial charge on any atom is -0.494 e. The van der Waals surface area contributed by atoms with Crippen LogP contribution >= 0.6 is 0 Å². The summed E-state index contributed by atoms with van der Waals surface area (Å²) >= 11 is 0. The lowest BCUT2D eigenvalue weighted by Crippen LogP contribution is -2.13. The summed E-state index contributed by atoms with van der Waals surface area (Å²) in [7, 11) is 0. The molecule has 1 atom stereocenters. The van der Waals surface area contributed by atoms with Crippen molar-refractivity contribution in [1.29, 1.82) is 0 Å². The van der Waals surface area contributed by atoms with E-state index in [0.29, 0.717) is 13.2 Å². The number of rotatable bonds is 7. The average molecular weight is 250 g/mol. The Hall–Kier alpha value is -1.51. The molecule has 0 aliphatic heterocycles. The topological polar surface area (TPSA) is 35.5 Å². The molecule has 1 unspecified atom stereocenters. The van der Waals surface area contributed by atoms with E-state index >= 15 is 0 Å². The largest absolute Gasteiger partial charge is 0.494 e. The van der Waals surface area contributed by atoms with Gasteiger partial charge in [-0.05, 0) is 37.5 Å². The van der Waals surface area contributed by atoms with Gasteiger partial charge in [0.2, 0.25) is 0 Å². The highest BCUT2D eigenvalue weighted by atomic mass is 16.5. The molecule has 1 aromatic rings. The first kappa shape index (κ1) is 14.6. The van der Waals surface area contributed by atoms with Crippen LogP contribution in [0.25, 0.3) is 0 Å². The number of hydrogen-bond donors (Lipinski definition) is 0. The third-order valence-corrected chi connectivity index (χ3v) is 2.63. The second kappa shape index (κ2) is 7.75. The monoisotopic (exact) mass is 250 g/mol. The number of carbonyl (C=O) groups is 1. The summed E-state index contributed by atoms with van der Waals surface area (Å²) in [6, 6.07) is 7.65. The van der Waals surface area contributed by atoms with Crippen LogP contribution in [0.5, 0.6) is 5.75 Å². The van der Waals surface area contributed by atoms with Gasteiger partial charge in [-0.25, -0.2) is 0 Å². The SMILES string of the molecule is CCCOC(=O)C(C)c1cccc(OCCC)c1. The van der Waals surface area contributed by atoms with Gasteiger partial charge >= 0.3 is 5.97 Å². The van der Waals surface area contributed by atoms with Crippen molar-refractivity contribution in [3.05, 3.63) is 29.8 Å². The molecule has 0 aliphatic rings. The highest BCUT2D eigenvalue weighted by Gasteiger charge is 2.16. The Morgan fingerprint density at radius 2 is 1.94 bits per heavy atom. The van der Waals surface area contributed by atoms with Gasteiger partial charge < -0.3 is 9.47 Å². The quantitative estimate of drug-likeness (QED) is 0.694. The molecule has 0 aliphatic carbocycles. The van der Waals surface area contributed by atoms with E-state index in [1.165, 1.54) is 0 Å². The predicted molar refractivity (Wildman–Crippen MR) is 71.9 cm³/mol. The van der Waals surface area contributed by atoms with Gasteiger partial charge in [-0.3, -0.25) is 4.79 Å². The summed E-state index contributed by atoms with van der Waals surface area (Å²) in [6.45, 7) is 7.08. The van der Waals surface area contributed by atoms with Gasteiger partial charge in [-0.15, -0.1) is 0 Å². The van der Waals surface area contributed by atoms with Crippen molar-refractivity contribution in [1.82, 2.24) is 0 Å². The van der Waals surface area contributed by atoms with Gasteiger partial charge in [0.05, 0.1) is 19.1 Å². The highest BCUT2D eigenvalue weighted by Crippen LogP contribution is 2.22. The Kier molecular flexibility index (Phi) is 6.26. The molecule has 1 rings (SSSR count). The first-order valence-corrected chi connectivity index (χ1v) is 6.58. The molecule has 0 bridgehead atoms. The molecular formula is C15H22O3. The fourth-order valence-electron chi connectivity index (χ4n) is 1.56. The molecule has 0 fully saturated rings. The highest BCUT2D eigenvalue weighted by molar-refractivity contribution is 5.77. The van der Waals surface area contributed by atoms with Crippen LogP contribution in [0.1, 0.15) is 45.1 Å². The minimum atomic E-state index is -0.248. The molecule has 0 saturated heterocycles. The first-order valence-electron chi connectivity index (χ1n) is 6.58. The van der Waals surface area contributed by atoms with Crippen LogP contribution in [0.2, 0.25) is 0 Å². The van der Waals surface area contributed by atoms with Crippen molar-refractivity contribution in [3.63, 3.8) is 0 Å². The van der Waals surface area contributed by atoms with Gasteiger partial charge in [0.1, 0.15) is 5.75 Å². The number of hydrogen-bond acceptors (Lipinski definition) is 3. The van der Waals surface area contributed by atoms with E-state index in [1.807, 2.05) is 38.1 Å². The minimum absolute atomic E-state index is 0.176. The molecule has 3 heteroatoms. The van der Waals surface area contributed by atoms with Crippen LogP contribution in [0, 0.1) is 0 Å². The predicted octanol–water partition coefficient (Wildman–Crippen LogP) is 3.53. The lowest BCUT2D eigenvalue weighted by Gasteiger charge is -2.13. The molecule has 0 radical (unpaired) electrons. The lowest BCUT2D eigenvalue weighted by atomic mass is 10.0. The van der Waals surface area contributed by atoms with Gasteiger partial charge in [0, 0.05) is 0 Å². The zero-order valence-electron chi connectivity index (χ0n) is 11.4. The van der Waals surface area contributed by atoms with Crippen LogP contribution < -0.4 is 4.74 Å². The fourth-order valence-corrected chi connectivity index (χ4v) is 1.56. The smallest absolute Gasteiger partial charge is 0.313 e. The van der Waals surface area contributed by atoms with Crippen LogP contribution in [0.15, 0.2) is 24.3 Å². The van der Waals surface area contributed by atoms with E-state index in [1.54, 1.807) is 0 Å². The lowest BCUT2D eigenvalue weighted by molar-refractivity contribution is -0.145. The molecule has 1 aromatic carbocycles. The Morgan fingerprint density at radius 3 is 2.61 bits per heavy atom. The Bertz CT molecular complexity index is 374. The van der Waals surface area contributed by atoms with Crippen LogP contribution in [0.4, 0.5) is 0 Å². The zero-order chi connectivity index (χ0) is 13.4. The molecule has 3 nitrogen and oxygen atoms in total. The van der Waals surface area contributed by atoms with Crippen molar-refractivity contribution >= 4 is 5.97 Å². The number of esters is 1. The van der Waals surface area contributed by atoms with Gasteiger partial charge in [0.25, 0.3) is 0 Å². The van der Waals surface area contributed by atoms with Crippen molar-refractivity contribution in [2.75, 3.05) is 13.2 Å². The van der Waals surface area contributed by atoms with Crippen LogP contribution in [0.3, 0.4) is 0 Å². The van der Waals surface area contributed by atoms with E-state index in [4.69, 9.17) is 9.47 Å². The fraction of sp³-hybridized carbons (Fsp3) is 0.533. The number of ether oxygens (including phenoxy) is 2. The van der Waals surface area contributed by atoms with Crippen LogP contribution in [-0.4, -0.2) is 19.2 Å². The summed E-state index contributed by atoms with van der Waals surface area (Å²) in [6.07, 6.45) is 1.82. The summed E-state index contributed by atoms with van der Waals surface area (Å²) in [5, 5.41) is 0. The molecule has 0 amide bonds. The van der Waals surface area contributed by atoms with Crippen molar-refractivity contribution in [2.24, 2.45) is 0 Å². The first-order chi connectivity index (χ1) is 8.69. The summed E-state index contributed by atoms with van der Waals surface area (Å²) in [4.78, 5) is 11.8. The molecule has 0 N–H and O–H groups in total. The Morgan fingerprint density at radius 1 is 1.22 bits per heavy atom. The Balaban J connectivity index is 2.66. The van der Waals surface area contributed by atoms with E-state index in [9.17, 15) is 4.79 Å². The van der Waals surface area contributed by atoms with E-state index in [2.05, 4.69) is 6.92 Å². The summed E-state index contributed by atoms with van der Waals surface area (Å²) in [5.41, 5.74) is 0.935. The molecule has 0 heterocycles.